The maximum Gasteiger partial charge on any atom is 0.193 e. The van der Waals surface area contributed by atoms with E-state index in [4.69, 9.17) is 4.74 Å². The Morgan fingerprint density at radius 3 is 3.00 bits per heavy atom. The van der Waals surface area contributed by atoms with Crippen molar-refractivity contribution >= 4 is 11.9 Å². The number of H-pyrrole nitrogens is 1. The van der Waals surface area contributed by atoms with Gasteiger partial charge in [0.25, 0.3) is 0 Å². The lowest BCUT2D eigenvalue weighted by molar-refractivity contribution is 0.104. The number of carbonyl (C=O) groups excluding carboxylic acids is 1. The van der Waals surface area contributed by atoms with Gasteiger partial charge in [-0.2, -0.15) is 0 Å². The normalized spacial score (nSPS) is 10.7. The van der Waals surface area contributed by atoms with Crippen molar-refractivity contribution in [2.45, 2.75) is 0 Å². The van der Waals surface area contributed by atoms with Crippen LogP contribution in [0.2, 0.25) is 0 Å². The number of allylic oxidation sites excluding steroid dienone is 1. The summed E-state index contributed by atoms with van der Waals surface area (Å²) >= 11 is 0. The molecule has 0 atom stereocenters. The highest BCUT2D eigenvalue weighted by molar-refractivity contribution is 6.10. The number of imidazole rings is 1. The fourth-order valence-electron chi connectivity index (χ4n) is 1.54. The van der Waals surface area contributed by atoms with Crippen molar-refractivity contribution in [1.82, 2.24) is 9.97 Å². The highest BCUT2D eigenvalue weighted by atomic mass is 16.5. The number of ether oxygens (including phenoxy) is 1. The minimum absolute atomic E-state index is 0.108. The minimum atomic E-state index is -0.346. The van der Waals surface area contributed by atoms with Gasteiger partial charge >= 0.3 is 0 Å². The molecule has 1 aromatic carbocycles. The Bertz CT molecular complexity index is 574. The van der Waals surface area contributed by atoms with Crippen LogP contribution in [0.15, 0.2) is 36.7 Å². The number of carbonyl (C=O) groups is 1. The number of phenolic OH excluding ortho intramolecular Hbond substituents is 1. The van der Waals surface area contributed by atoms with E-state index >= 15 is 0 Å². The SMILES string of the molecule is COc1cccc(O)c1C(=O)/C=C/c1ncc[nH]1. The van der Waals surface area contributed by atoms with Gasteiger partial charge in [-0.25, -0.2) is 4.98 Å². The van der Waals surface area contributed by atoms with Crippen molar-refractivity contribution in [2.75, 3.05) is 7.11 Å². The van der Waals surface area contributed by atoms with Gasteiger partial charge in [0, 0.05) is 12.4 Å². The summed E-state index contributed by atoms with van der Waals surface area (Å²) in [6.07, 6.45) is 6.11. The number of methoxy groups -OCH3 is 1. The Hall–Kier alpha value is -2.56. The zero-order valence-corrected chi connectivity index (χ0v) is 9.75. The van der Waals surface area contributed by atoms with Crippen molar-refractivity contribution in [3.05, 3.63) is 48.1 Å². The van der Waals surface area contributed by atoms with E-state index in [0.29, 0.717) is 11.6 Å². The number of aromatic hydroxyl groups is 1. The van der Waals surface area contributed by atoms with Crippen LogP contribution in [0.25, 0.3) is 6.08 Å². The fraction of sp³-hybridized carbons (Fsp3) is 0.0769. The predicted octanol–water partition coefficient (Wildman–Crippen LogP) is 2.02. The van der Waals surface area contributed by atoms with E-state index in [1.54, 1.807) is 24.5 Å². The number of phenols is 1. The molecule has 5 nitrogen and oxygen atoms in total. The molecule has 0 aliphatic rings. The quantitative estimate of drug-likeness (QED) is 0.637. The number of hydrogen-bond acceptors (Lipinski definition) is 4. The van der Waals surface area contributed by atoms with Crippen LogP contribution in [0.3, 0.4) is 0 Å². The van der Waals surface area contributed by atoms with E-state index in [9.17, 15) is 9.90 Å². The molecular formula is C13H12N2O3. The molecule has 0 amide bonds. The van der Waals surface area contributed by atoms with Gasteiger partial charge < -0.3 is 14.8 Å². The average molecular weight is 244 g/mol. The summed E-state index contributed by atoms with van der Waals surface area (Å²) in [5.74, 6) is 0.451. The van der Waals surface area contributed by atoms with Gasteiger partial charge in [-0.3, -0.25) is 4.79 Å². The molecule has 0 aliphatic heterocycles. The molecule has 0 unspecified atom stereocenters. The number of nitrogens with zero attached hydrogens (tertiary/aromatic N) is 1. The van der Waals surface area contributed by atoms with Gasteiger partial charge in [-0.05, 0) is 24.3 Å². The molecule has 0 saturated heterocycles. The Labute approximate surface area is 104 Å². The van der Waals surface area contributed by atoms with E-state index in [0.717, 1.165) is 0 Å². The van der Waals surface area contributed by atoms with Gasteiger partial charge in [0.05, 0.1) is 7.11 Å². The maximum atomic E-state index is 12.0. The third kappa shape index (κ3) is 2.40. The van der Waals surface area contributed by atoms with Crippen molar-refractivity contribution in [1.29, 1.82) is 0 Å². The minimum Gasteiger partial charge on any atom is -0.507 e. The Morgan fingerprint density at radius 1 is 1.50 bits per heavy atom. The number of aromatic nitrogens is 2. The van der Waals surface area contributed by atoms with Crippen LogP contribution < -0.4 is 4.74 Å². The Kier molecular flexibility index (Phi) is 3.43. The number of benzene rings is 1. The van der Waals surface area contributed by atoms with Crippen molar-refractivity contribution < 1.29 is 14.6 Å². The molecule has 92 valence electrons. The fourth-order valence-corrected chi connectivity index (χ4v) is 1.54. The lowest BCUT2D eigenvalue weighted by atomic mass is 10.1. The highest BCUT2D eigenvalue weighted by Gasteiger charge is 2.14. The number of rotatable bonds is 4. The zero-order chi connectivity index (χ0) is 13.0. The summed E-state index contributed by atoms with van der Waals surface area (Å²) in [5.41, 5.74) is 0.141. The number of nitrogens with one attached hydrogen (secondary N) is 1. The smallest absolute Gasteiger partial charge is 0.193 e. The largest absolute Gasteiger partial charge is 0.507 e. The second kappa shape index (κ2) is 5.18. The van der Waals surface area contributed by atoms with Crippen molar-refractivity contribution in [3.8, 4) is 11.5 Å². The summed E-state index contributed by atoms with van der Waals surface area (Å²) in [4.78, 5) is 18.8. The molecule has 0 radical (unpaired) electrons. The van der Waals surface area contributed by atoms with E-state index in [2.05, 4.69) is 9.97 Å². The van der Waals surface area contributed by atoms with E-state index in [1.807, 2.05) is 0 Å². The van der Waals surface area contributed by atoms with Crippen molar-refractivity contribution in [2.24, 2.45) is 0 Å². The molecule has 0 spiro atoms. The molecule has 5 heteroatoms. The Balaban J connectivity index is 2.29. The van der Waals surface area contributed by atoms with Gasteiger partial charge in [0.15, 0.2) is 5.78 Å². The first-order valence-corrected chi connectivity index (χ1v) is 5.30. The number of ketones is 1. The summed E-state index contributed by atoms with van der Waals surface area (Å²) in [5, 5.41) is 9.69. The molecule has 0 saturated carbocycles. The monoisotopic (exact) mass is 244 g/mol. The second-order valence-electron chi connectivity index (χ2n) is 3.53. The molecule has 0 fully saturated rings. The standard InChI is InChI=1S/C13H12N2O3/c1-18-11-4-2-3-9(16)13(11)10(17)5-6-12-14-7-8-15-12/h2-8,16H,1H3,(H,14,15)/b6-5+. The van der Waals surface area contributed by atoms with Gasteiger partial charge in [0.1, 0.15) is 22.9 Å². The van der Waals surface area contributed by atoms with Crippen LogP contribution in [-0.2, 0) is 0 Å². The summed E-state index contributed by atoms with van der Waals surface area (Å²) in [6, 6.07) is 4.67. The van der Waals surface area contributed by atoms with Crippen LogP contribution in [0.1, 0.15) is 16.2 Å². The lowest BCUT2D eigenvalue weighted by Gasteiger charge is -2.06. The first kappa shape index (κ1) is 11.9. The summed E-state index contributed by atoms with van der Waals surface area (Å²) in [6.45, 7) is 0. The second-order valence-corrected chi connectivity index (χ2v) is 3.53. The summed E-state index contributed by atoms with van der Waals surface area (Å²) in [7, 11) is 1.45. The third-order valence-electron chi connectivity index (χ3n) is 2.38. The maximum absolute atomic E-state index is 12.0. The summed E-state index contributed by atoms with van der Waals surface area (Å²) < 4.78 is 5.05. The Morgan fingerprint density at radius 2 is 2.33 bits per heavy atom. The molecule has 0 bridgehead atoms. The van der Waals surface area contributed by atoms with E-state index in [1.165, 1.54) is 25.3 Å². The van der Waals surface area contributed by atoms with Gasteiger partial charge in [0.2, 0.25) is 0 Å². The molecule has 18 heavy (non-hydrogen) atoms. The molecule has 0 aliphatic carbocycles. The molecule has 1 heterocycles. The van der Waals surface area contributed by atoms with E-state index < -0.39 is 0 Å². The van der Waals surface area contributed by atoms with Gasteiger partial charge in [-0.15, -0.1) is 0 Å². The van der Waals surface area contributed by atoms with Crippen LogP contribution in [-0.4, -0.2) is 28.0 Å². The van der Waals surface area contributed by atoms with Crippen LogP contribution in [0.4, 0.5) is 0 Å². The van der Waals surface area contributed by atoms with Crippen LogP contribution in [0.5, 0.6) is 11.5 Å². The zero-order valence-electron chi connectivity index (χ0n) is 9.75. The predicted molar refractivity (Wildman–Crippen MR) is 66.6 cm³/mol. The highest BCUT2D eigenvalue weighted by Crippen LogP contribution is 2.27. The van der Waals surface area contributed by atoms with Crippen LogP contribution in [0, 0.1) is 0 Å². The molecule has 1 aromatic heterocycles. The van der Waals surface area contributed by atoms with Crippen LogP contribution >= 0.6 is 0 Å². The molecule has 2 N–H and O–H groups in total. The van der Waals surface area contributed by atoms with E-state index in [-0.39, 0.29) is 17.1 Å². The molecule has 2 rings (SSSR count). The molecular weight excluding hydrogens is 232 g/mol. The first-order valence-electron chi connectivity index (χ1n) is 5.30. The molecule has 2 aromatic rings. The topological polar surface area (TPSA) is 75.2 Å². The van der Waals surface area contributed by atoms with Gasteiger partial charge in [-0.1, -0.05) is 6.07 Å². The third-order valence-corrected chi connectivity index (χ3v) is 2.38. The number of aromatic amines is 1. The number of hydrogen-bond donors (Lipinski definition) is 2. The van der Waals surface area contributed by atoms with Crippen molar-refractivity contribution in [3.63, 3.8) is 0 Å². The first-order chi connectivity index (χ1) is 8.72. The average Bonchev–Trinajstić information content (AvgIpc) is 2.88. The lowest BCUT2D eigenvalue weighted by Crippen LogP contribution is -1.99.